The summed E-state index contributed by atoms with van der Waals surface area (Å²) in [5.74, 6) is -0.0331. The number of Topliss-reactive ketones (excluding diaryl/α,β-unsaturated/α-hetero) is 1. The smallest absolute Gasteiger partial charge is 0.252 e. The van der Waals surface area contributed by atoms with Gasteiger partial charge in [-0.05, 0) is 43.2 Å². The van der Waals surface area contributed by atoms with Crippen LogP contribution in [0.15, 0.2) is 12.1 Å². The van der Waals surface area contributed by atoms with Crippen LogP contribution in [0.5, 0.6) is 5.75 Å². The van der Waals surface area contributed by atoms with Crippen LogP contribution >= 0.6 is 0 Å². The Labute approximate surface area is 147 Å². The van der Waals surface area contributed by atoms with Crippen LogP contribution < -0.4 is 10.5 Å². The molecule has 1 aliphatic heterocycles. The second-order valence-electron chi connectivity index (χ2n) is 7.85. The summed E-state index contributed by atoms with van der Waals surface area (Å²) >= 11 is 0. The number of hydrogen-bond donors (Lipinski definition) is 2. The summed E-state index contributed by atoms with van der Waals surface area (Å²) in [4.78, 5) is 24.7. The third-order valence-electron chi connectivity index (χ3n) is 6.86. The number of fused-ring (bicyclic) bond motifs is 1. The van der Waals surface area contributed by atoms with Crippen molar-refractivity contribution in [3.05, 3.63) is 28.8 Å². The van der Waals surface area contributed by atoms with Crippen LogP contribution in [-0.4, -0.2) is 28.5 Å². The number of carbonyl (C=O) groups is 2. The van der Waals surface area contributed by atoms with Gasteiger partial charge in [0.1, 0.15) is 5.75 Å². The van der Waals surface area contributed by atoms with Gasteiger partial charge in [-0.25, -0.2) is 0 Å². The Hall–Kier alpha value is -1.88. The van der Waals surface area contributed by atoms with Crippen molar-refractivity contribution in [3.8, 4) is 5.75 Å². The lowest BCUT2D eigenvalue weighted by molar-refractivity contribution is -0.171. The Morgan fingerprint density at radius 2 is 2.16 bits per heavy atom. The van der Waals surface area contributed by atoms with E-state index < -0.39 is 23.0 Å². The SMILES string of the molecule is CCc1ccc(C(N)=O)c2c1[C@]13CCC[C@H](C)[C@]1(O)CCC(=O)[C@@H]3O2. The summed E-state index contributed by atoms with van der Waals surface area (Å²) in [6.45, 7) is 4.11. The number of amides is 1. The fourth-order valence-electron chi connectivity index (χ4n) is 5.61. The number of nitrogens with two attached hydrogens (primary N) is 1. The first-order valence-electron chi connectivity index (χ1n) is 9.24. The minimum absolute atomic E-state index is 0.0208. The Balaban J connectivity index is 2.05. The molecule has 0 unspecified atom stereocenters. The molecule has 25 heavy (non-hydrogen) atoms. The molecule has 3 aliphatic rings. The molecule has 3 N–H and O–H groups in total. The van der Waals surface area contributed by atoms with Gasteiger partial charge in [-0.3, -0.25) is 9.59 Å². The molecule has 1 spiro atoms. The Morgan fingerprint density at radius 3 is 2.84 bits per heavy atom. The Bertz CT molecular complexity index is 773. The van der Waals surface area contributed by atoms with E-state index in [1.54, 1.807) is 6.07 Å². The van der Waals surface area contributed by atoms with Gasteiger partial charge in [0.25, 0.3) is 5.91 Å². The van der Waals surface area contributed by atoms with E-state index >= 15 is 0 Å². The maximum absolute atomic E-state index is 12.8. The average molecular weight is 343 g/mol. The molecule has 134 valence electrons. The van der Waals surface area contributed by atoms with Crippen LogP contribution in [0.3, 0.4) is 0 Å². The van der Waals surface area contributed by atoms with Crippen LogP contribution in [0.2, 0.25) is 0 Å². The van der Waals surface area contributed by atoms with Crippen LogP contribution in [0.4, 0.5) is 0 Å². The molecule has 1 aromatic rings. The second-order valence-corrected chi connectivity index (χ2v) is 7.85. The minimum atomic E-state index is -0.991. The van der Waals surface area contributed by atoms with E-state index in [1.807, 2.05) is 13.0 Å². The number of aryl methyl sites for hydroxylation is 1. The lowest BCUT2D eigenvalue weighted by Crippen LogP contribution is -2.67. The number of rotatable bonds is 2. The predicted molar refractivity (Wildman–Crippen MR) is 92.6 cm³/mol. The third kappa shape index (κ3) is 1.87. The van der Waals surface area contributed by atoms with Gasteiger partial charge in [-0.1, -0.05) is 26.3 Å². The summed E-state index contributed by atoms with van der Waals surface area (Å²) in [6, 6.07) is 3.59. The van der Waals surface area contributed by atoms with E-state index in [4.69, 9.17) is 10.5 Å². The molecular weight excluding hydrogens is 318 g/mol. The predicted octanol–water partition coefficient (Wildman–Crippen LogP) is 2.26. The van der Waals surface area contributed by atoms with E-state index in [-0.39, 0.29) is 11.7 Å². The van der Waals surface area contributed by atoms with Gasteiger partial charge in [-0.15, -0.1) is 0 Å². The Morgan fingerprint density at radius 1 is 1.40 bits per heavy atom. The van der Waals surface area contributed by atoms with Crippen LogP contribution in [0.25, 0.3) is 0 Å². The molecule has 0 saturated heterocycles. The zero-order valence-corrected chi connectivity index (χ0v) is 14.8. The average Bonchev–Trinajstić information content (AvgIpc) is 2.94. The molecule has 5 nitrogen and oxygen atoms in total. The van der Waals surface area contributed by atoms with Crippen molar-refractivity contribution >= 4 is 11.7 Å². The first-order valence-corrected chi connectivity index (χ1v) is 9.24. The maximum atomic E-state index is 12.8. The number of carbonyl (C=O) groups excluding carboxylic acids is 2. The molecule has 0 aromatic heterocycles. The zero-order valence-electron chi connectivity index (χ0n) is 14.8. The van der Waals surface area contributed by atoms with Crippen LogP contribution in [-0.2, 0) is 16.6 Å². The number of ketones is 1. The topological polar surface area (TPSA) is 89.6 Å². The molecule has 2 fully saturated rings. The summed E-state index contributed by atoms with van der Waals surface area (Å²) < 4.78 is 6.12. The summed E-state index contributed by atoms with van der Waals surface area (Å²) in [6.07, 6.45) is 3.37. The first-order chi connectivity index (χ1) is 11.9. The van der Waals surface area contributed by atoms with Crippen molar-refractivity contribution in [1.29, 1.82) is 0 Å². The zero-order chi connectivity index (χ0) is 18.0. The molecule has 1 heterocycles. The summed E-state index contributed by atoms with van der Waals surface area (Å²) in [7, 11) is 0. The van der Waals surface area contributed by atoms with Gasteiger partial charge < -0.3 is 15.6 Å². The number of hydrogen-bond acceptors (Lipinski definition) is 4. The summed E-state index contributed by atoms with van der Waals surface area (Å²) in [5.41, 5.74) is 6.01. The molecule has 4 rings (SSSR count). The molecule has 1 aromatic carbocycles. The second kappa shape index (κ2) is 5.31. The number of aliphatic hydroxyl groups is 1. The van der Waals surface area contributed by atoms with Crippen molar-refractivity contribution in [2.75, 3.05) is 0 Å². The highest BCUT2D eigenvalue weighted by molar-refractivity contribution is 5.98. The molecule has 1 amide bonds. The lowest BCUT2D eigenvalue weighted by atomic mass is 9.49. The van der Waals surface area contributed by atoms with E-state index in [9.17, 15) is 14.7 Å². The number of ether oxygens (including phenoxy) is 1. The van der Waals surface area contributed by atoms with Crippen LogP contribution in [0, 0.1) is 5.92 Å². The van der Waals surface area contributed by atoms with Crippen molar-refractivity contribution in [1.82, 2.24) is 0 Å². The Kier molecular flexibility index (Phi) is 3.52. The first kappa shape index (κ1) is 16.6. The van der Waals surface area contributed by atoms with Crippen molar-refractivity contribution in [3.63, 3.8) is 0 Å². The van der Waals surface area contributed by atoms with Gasteiger partial charge in [0.05, 0.1) is 16.6 Å². The highest BCUT2D eigenvalue weighted by Crippen LogP contribution is 2.62. The summed E-state index contributed by atoms with van der Waals surface area (Å²) in [5, 5.41) is 11.8. The van der Waals surface area contributed by atoms with Gasteiger partial charge in [-0.2, -0.15) is 0 Å². The third-order valence-corrected chi connectivity index (χ3v) is 6.86. The van der Waals surface area contributed by atoms with Crippen LogP contribution in [0.1, 0.15) is 67.4 Å². The van der Waals surface area contributed by atoms with Gasteiger partial charge in [0.15, 0.2) is 11.9 Å². The number of primary amides is 1. The molecule has 0 bridgehead atoms. The fourth-order valence-corrected chi connectivity index (χ4v) is 5.61. The number of benzene rings is 1. The van der Waals surface area contributed by atoms with Crippen molar-refractivity contribution < 1.29 is 19.4 Å². The largest absolute Gasteiger partial charge is 0.480 e. The van der Waals surface area contributed by atoms with E-state index in [0.29, 0.717) is 30.6 Å². The fraction of sp³-hybridized carbons (Fsp3) is 0.600. The van der Waals surface area contributed by atoms with Gasteiger partial charge in [0, 0.05) is 12.0 Å². The van der Waals surface area contributed by atoms with Gasteiger partial charge >= 0.3 is 0 Å². The molecule has 2 saturated carbocycles. The molecule has 2 aliphatic carbocycles. The minimum Gasteiger partial charge on any atom is -0.480 e. The van der Waals surface area contributed by atoms with E-state index in [0.717, 1.165) is 30.4 Å². The van der Waals surface area contributed by atoms with Crippen molar-refractivity contribution in [2.45, 2.75) is 69.5 Å². The van der Waals surface area contributed by atoms with E-state index in [1.165, 1.54) is 0 Å². The van der Waals surface area contributed by atoms with Crippen molar-refractivity contribution in [2.24, 2.45) is 11.7 Å². The monoisotopic (exact) mass is 343 g/mol. The molecule has 0 radical (unpaired) electrons. The van der Waals surface area contributed by atoms with E-state index in [2.05, 4.69) is 6.92 Å². The van der Waals surface area contributed by atoms with Gasteiger partial charge in [0.2, 0.25) is 0 Å². The quantitative estimate of drug-likeness (QED) is 0.862. The highest BCUT2D eigenvalue weighted by atomic mass is 16.5. The molecule has 5 heteroatoms. The standard InChI is InChI=1S/C20H25NO4/c1-3-12-6-7-13(18(21)23)16-15(12)19-9-4-5-11(2)20(19,24)10-8-14(22)17(19)25-16/h6-7,11,17,24H,3-5,8-10H2,1-2H3,(H2,21,23)/t11-,17-,19-,20+/m0/s1. The normalized spacial score (nSPS) is 36.2. The maximum Gasteiger partial charge on any atom is 0.252 e. The molecular formula is C20H25NO4. The lowest BCUT2D eigenvalue weighted by Gasteiger charge is -2.56. The molecule has 4 atom stereocenters. The highest BCUT2D eigenvalue weighted by Gasteiger charge is 2.69.